The number of urea groups is 1. The first-order valence-electron chi connectivity index (χ1n) is 7.91. The third-order valence-electron chi connectivity index (χ3n) is 4.28. The molecule has 10 heteroatoms. The molecule has 2 heterocycles. The number of hydrogen-bond acceptors (Lipinski definition) is 3. The number of anilines is 1. The van der Waals surface area contributed by atoms with Crippen LogP contribution in [-0.4, -0.2) is 40.1 Å². The lowest BCUT2D eigenvalue weighted by Crippen LogP contribution is -2.41. The molecule has 1 fully saturated rings. The van der Waals surface area contributed by atoms with Gasteiger partial charge in [-0.3, -0.25) is 9.89 Å². The van der Waals surface area contributed by atoms with Gasteiger partial charge < -0.3 is 16.0 Å². The highest BCUT2D eigenvalue weighted by Crippen LogP contribution is 2.27. The minimum atomic E-state index is -1.64. The molecule has 0 radical (unpaired) electrons. The Kier molecular flexibility index (Phi) is 4.83. The highest BCUT2D eigenvalue weighted by molar-refractivity contribution is 5.91. The lowest BCUT2D eigenvalue weighted by Gasteiger charge is -2.32. The highest BCUT2D eigenvalue weighted by Gasteiger charge is 2.27. The fourth-order valence-electron chi connectivity index (χ4n) is 2.90. The number of nitrogens with one attached hydrogen (secondary N) is 2. The number of hydrogen-bond donors (Lipinski definition) is 3. The summed E-state index contributed by atoms with van der Waals surface area (Å²) in [5.74, 6) is -5.19. The second-order valence-corrected chi connectivity index (χ2v) is 6.01. The molecule has 0 bridgehead atoms. The Labute approximate surface area is 146 Å². The number of benzene rings is 1. The largest absolute Gasteiger partial charge is 0.364 e. The average molecular weight is 367 g/mol. The number of aromatic amines is 1. The van der Waals surface area contributed by atoms with Gasteiger partial charge in [0.05, 0.1) is 5.69 Å². The van der Waals surface area contributed by atoms with Crippen LogP contribution in [-0.2, 0) is 0 Å². The molecular weight excluding hydrogens is 351 g/mol. The first-order valence-corrected chi connectivity index (χ1v) is 7.91. The van der Waals surface area contributed by atoms with Crippen molar-refractivity contribution in [2.45, 2.75) is 18.8 Å². The van der Waals surface area contributed by atoms with E-state index in [2.05, 4.69) is 15.5 Å². The van der Waals surface area contributed by atoms with E-state index >= 15 is 0 Å². The van der Waals surface area contributed by atoms with E-state index in [9.17, 15) is 22.8 Å². The molecule has 0 unspecified atom stereocenters. The van der Waals surface area contributed by atoms with Crippen molar-refractivity contribution < 1.29 is 22.8 Å². The number of carbonyl (C=O) groups excluding carboxylic acids is 2. The zero-order valence-electron chi connectivity index (χ0n) is 13.6. The maximum atomic E-state index is 13.7. The van der Waals surface area contributed by atoms with Gasteiger partial charge in [0.25, 0.3) is 5.91 Å². The van der Waals surface area contributed by atoms with Gasteiger partial charge in [0.15, 0.2) is 17.5 Å². The summed E-state index contributed by atoms with van der Waals surface area (Å²) < 4.78 is 39.9. The molecule has 1 aliphatic heterocycles. The van der Waals surface area contributed by atoms with Crippen LogP contribution in [0.5, 0.6) is 0 Å². The third kappa shape index (κ3) is 3.48. The molecule has 2 aromatic rings. The van der Waals surface area contributed by atoms with E-state index in [0.29, 0.717) is 18.7 Å². The lowest BCUT2D eigenvalue weighted by molar-refractivity contribution is 0.0995. The van der Waals surface area contributed by atoms with Crippen molar-refractivity contribution in [1.29, 1.82) is 0 Å². The first-order chi connectivity index (χ1) is 12.4. The average Bonchev–Trinajstić information content (AvgIpc) is 3.13. The van der Waals surface area contributed by atoms with Gasteiger partial charge in [-0.25, -0.2) is 18.0 Å². The van der Waals surface area contributed by atoms with E-state index in [0.717, 1.165) is 18.6 Å². The van der Waals surface area contributed by atoms with E-state index in [1.807, 2.05) is 0 Å². The van der Waals surface area contributed by atoms with Crippen LogP contribution in [0.3, 0.4) is 0 Å². The van der Waals surface area contributed by atoms with Crippen LogP contribution in [0, 0.1) is 17.5 Å². The van der Waals surface area contributed by atoms with Crippen molar-refractivity contribution in [1.82, 2.24) is 15.1 Å². The summed E-state index contributed by atoms with van der Waals surface area (Å²) in [6.45, 7) is 0.710. The Balaban J connectivity index is 1.70. The van der Waals surface area contributed by atoms with Crippen molar-refractivity contribution in [3.8, 4) is 0 Å². The quantitative estimate of drug-likeness (QED) is 0.725. The summed E-state index contributed by atoms with van der Waals surface area (Å²) in [5.41, 5.74) is 5.49. The maximum absolute atomic E-state index is 13.7. The Morgan fingerprint density at radius 3 is 2.73 bits per heavy atom. The molecule has 1 saturated heterocycles. The number of rotatable bonds is 3. The third-order valence-corrected chi connectivity index (χ3v) is 4.28. The molecular formula is C16H16F3N5O2. The van der Waals surface area contributed by atoms with Crippen LogP contribution in [0.25, 0.3) is 0 Å². The summed E-state index contributed by atoms with van der Waals surface area (Å²) in [6.07, 6.45) is 1.42. The number of aromatic nitrogens is 2. The standard InChI is InChI=1S/C16H16F3N5O2/c17-9-3-4-10(14(19)13(9)18)21-16(26)24-5-1-2-8(7-24)11-6-12(15(20)25)23-22-11/h3-4,6,8H,1-2,5,7H2,(H2,20,25)(H,21,26)(H,22,23)/t8-/m1/s1. The van der Waals surface area contributed by atoms with Crippen molar-refractivity contribution in [3.05, 3.63) is 47.0 Å². The van der Waals surface area contributed by atoms with Gasteiger partial charge in [0.1, 0.15) is 5.69 Å². The van der Waals surface area contributed by atoms with Crippen molar-refractivity contribution in [3.63, 3.8) is 0 Å². The second kappa shape index (κ2) is 7.06. The van der Waals surface area contributed by atoms with E-state index < -0.39 is 35.1 Å². The van der Waals surface area contributed by atoms with Gasteiger partial charge in [-0.15, -0.1) is 0 Å². The van der Waals surface area contributed by atoms with Crippen molar-refractivity contribution in [2.75, 3.05) is 18.4 Å². The summed E-state index contributed by atoms with van der Waals surface area (Å²) in [6, 6.07) is 2.60. The van der Waals surface area contributed by atoms with Crippen molar-refractivity contribution in [2.24, 2.45) is 5.73 Å². The Bertz CT molecular complexity index is 854. The van der Waals surface area contributed by atoms with E-state index in [-0.39, 0.29) is 18.2 Å². The number of piperidine rings is 1. The Morgan fingerprint density at radius 2 is 2.04 bits per heavy atom. The first kappa shape index (κ1) is 17.8. The van der Waals surface area contributed by atoms with Gasteiger partial charge >= 0.3 is 6.03 Å². The van der Waals surface area contributed by atoms with Crippen LogP contribution in [0.4, 0.5) is 23.7 Å². The molecule has 3 rings (SSSR count). The van der Waals surface area contributed by atoms with Crippen LogP contribution < -0.4 is 11.1 Å². The van der Waals surface area contributed by atoms with Gasteiger partial charge in [0.2, 0.25) is 0 Å². The number of amides is 3. The highest BCUT2D eigenvalue weighted by atomic mass is 19.2. The van der Waals surface area contributed by atoms with E-state index in [4.69, 9.17) is 5.73 Å². The lowest BCUT2D eigenvalue weighted by atomic mass is 9.95. The smallest absolute Gasteiger partial charge is 0.321 e. The molecule has 1 aromatic heterocycles. The number of primary amides is 1. The Morgan fingerprint density at radius 1 is 1.27 bits per heavy atom. The maximum Gasteiger partial charge on any atom is 0.321 e. The zero-order valence-corrected chi connectivity index (χ0v) is 13.6. The minimum absolute atomic E-state index is 0.102. The monoisotopic (exact) mass is 367 g/mol. The molecule has 0 saturated carbocycles. The molecule has 3 amide bonds. The predicted octanol–water partition coefficient (Wildman–Crippen LogP) is 2.34. The molecule has 4 N–H and O–H groups in total. The number of nitrogens with zero attached hydrogens (tertiary/aromatic N) is 2. The van der Waals surface area contributed by atoms with E-state index in [1.54, 1.807) is 0 Å². The molecule has 138 valence electrons. The molecule has 0 spiro atoms. The summed E-state index contributed by atoms with van der Waals surface area (Å²) in [5, 5.41) is 8.79. The molecule has 1 aliphatic rings. The van der Waals surface area contributed by atoms with Crippen molar-refractivity contribution >= 4 is 17.6 Å². The minimum Gasteiger partial charge on any atom is -0.364 e. The Hall–Kier alpha value is -3.04. The van der Waals surface area contributed by atoms with Gasteiger partial charge in [-0.1, -0.05) is 0 Å². The molecule has 1 atom stereocenters. The van der Waals surface area contributed by atoms with Crippen LogP contribution >= 0.6 is 0 Å². The zero-order chi connectivity index (χ0) is 18.8. The topological polar surface area (TPSA) is 104 Å². The van der Waals surface area contributed by atoms with Gasteiger partial charge in [0, 0.05) is 24.7 Å². The van der Waals surface area contributed by atoms with Crippen LogP contribution in [0.2, 0.25) is 0 Å². The normalized spacial score (nSPS) is 17.2. The summed E-state index contributed by atoms with van der Waals surface area (Å²) >= 11 is 0. The number of nitrogens with two attached hydrogens (primary N) is 1. The summed E-state index contributed by atoms with van der Waals surface area (Å²) in [7, 11) is 0. The van der Waals surface area contributed by atoms with Crippen LogP contribution in [0.1, 0.15) is 34.9 Å². The van der Waals surface area contributed by atoms with Gasteiger partial charge in [-0.05, 0) is 31.0 Å². The molecule has 0 aliphatic carbocycles. The number of carbonyl (C=O) groups is 2. The molecule has 26 heavy (non-hydrogen) atoms. The molecule has 7 nitrogen and oxygen atoms in total. The number of H-pyrrole nitrogens is 1. The SMILES string of the molecule is NC(=O)c1cc([C@@H]2CCCN(C(=O)Nc3ccc(F)c(F)c3F)C2)[nH]n1. The predicted molar refractivity (Wildman–Crippen MR) is 86.0 cm³/mol. The fraction of sp³-hybridized carbons (Fsp3) is 0.312. The van der Waals surface area contributed by atoms with Crippen LogP contribution in [0.15, 0.2) is 18.2 Å². The number of halogens is 3. The fourth-order valence-corrected chi connectivity index (χ4v) is 2.90. The number of likely N-dealkylation sites (tertiary alicyclic amines) is 1. The second-order valence-electron chi connectivity index (χ2n) is 6.01. The van der Waals surface area contributed by atoms with E-state index in [1.165, 1.54) is 11.0 Å². The summed E-state index contributed by atoms with van der Waals surface area (Å²) in [4.78, 5) is 24.9. The molecule has 1 aromatic carbocycles. The van der Waals surface area contributed by atoms with Gasteiger partial charge in [-0.2, -0.15) is 5.10 Å².